The van der Waals surface area contributed by atoms with Crippen molar-refractivity contribution in [3.05, 3.63) is 95.6 Å². The van der Waals surface area contributed by atoms with Crippen LogP contribution in [0.15, 0.2) is 71.6 Å². The first-order chi connectivity index (χ1) is 14.7. The number of hydrogen-bond acceptors (Lipinski definition) is 3. The molecule has 31 heavy (non-hydrogen) atoms. The van der Waals surface area contributed by atoms with Gasteiger partial charge in [0.1, 0.15) is 16.5 Å². The molecule has 0 bridgehead atoms. The van der Waals surface area contributed by atoms with Crippen molar-refractivity contribution in [1.29, 1.82) is 0 Å². The lowest BCUT2D eigenvalue weighted by atomic mass is 10.2. The third-order valence-corrected chi connectivity index (χ3v) is 6.07. The van der Waals surface area contributed by atoms with Crippen LogP contribution in [0.5, 0.6) is 0 Å². The average molecular weight is 452 g/mol. The van der Waals surface area contributed by atoms with E-state index in [1.54, 1.807) is 0 Å². The molecule has 1 N–H and O–H groups in total. The van der Waals surface area contributed by atoms with Crippen LogP contribution in [0.3, 0.4) is 0 Å². The smallest absolute Gasteiger partial charge is 0.246 e. The lowest BCUT2D eigenvalue weighted by Gasteiger charge is -2.22. The van der Waals surface area contributed by atoms with Gasteiger partial charge in [-0.1, -0.05) is 24.3 Å². The largest absolute Gasteiger partial charge is 0.325 e. The van der Waals surface area contributed by atoms with Gasteiger partial charge in [-0.25, -0.2) is 26.0 Å². The molecule has 0 atom stereocenters. The van der Waals surface area contributed by atoms with Gasteiger partial charge in [0.05, 0.1) is 6.54 Å². The van der Waals surface area contributed by atoms with E-state index >= 15 is 0 Å². The molecule has 3 rings (SSSR count). The molecule has 0 aliphatic rings. The number of carbonyl (C=O) groups excluding carboxylic acids is 1. The summed E-state index contributed by atoms with van der Waals surface area (Å²) in [6.45, 7) is -1.12. The minimum absolute atomic E-state index is 0.0890. The number of halogens is 4. The third-order valence-electron chi connectivity index (χ3n) is 4.25. The number of nitrogens with one attached hydrogen (secondary N) is 1. The van der Waals surface area contributed by atoms with E-state index in [2.05, 4.69) is 5.32 Å². The number of rotatable bonds is 7. The molecule has 0 saturated heterocycles. The Balaban J connectivity index is 1.89. The molecule has 1 amide bonds. The molecule has 0 radical (unpaired) electrons. The molecule has 0 aliphatic heterocycles. The molecule has 0 spiro atoms. The summed E-state index contributed by atoms with van der Waals surface area (Å²) in [6.07, 6.45) is 0. The number of amides is 1. The van der Waals surface area contributed by atoms with E-state index in [0.29, 0.717) is 9.87 Å². The Morgan fingerprint density at radius 2 is 1.52 bits per heavy atom. The summed E-state index contributed by atoms with van der Waals surface area (Å²) in [4.78, 5) is 11.8. The molecule has 0 fully saturated rings. The van der Waals surface area contributed by atoms with Crippen LogP contribution in [-0.2, 0) is 21.4 Å². The Hall–Kier alpha value is -3.24. The summed E-state index contributed by atoms with van der Waals surface area (Å²) in [5, 5.41) is 2.27. The van der Waals surface area contributed by atoms with Crippen molar-refractivity contribution in [1.82, 2.24) is 4.31 Å². The van der Waals surface area contributed by atoms with E-state index in [4.69, 9.17) is 0 Å². The van der Waals surface area contributed by atoms with E-state index in [1.807, 2.05) is 0 Å². The van der Waals surface area contributed by atoms with Gasteiger partial charge in [0.2, 0.25) is 15.9 Å². The first kappa shape index (κ1) is 22.4. The molecule has 10 heteroatoms. The van der Waals surface area contributed by atoms with Crippen LogP contribution in [0.2, 0.25) is 0 Å². The number of benzene rings is 3. The van der Waals surface area contributed by atoms with Gasteiger partial charge in [-0.2, -0.15) is 4.31 Å². The van der Waals surface area contributed by atoms with Crippen molar-refractivity contribution < 1.29 is 30.8 Å². The van der Waals surface area contributed by atoms with Crippen molar-refractivity contribution in [2.24, 2.45) is 0 Å². The van der Waals surface area contributed by atoms with Crippen LogP contribution in [0.25, 0.3) is 0 Å². The lowest BCUT2D eigenvalue weighted by molar-refractivity contribution is -0.116. The highest BCUT2D eigenvalue weighted by atomic mass is 32.2. The summed E-state index contributed by atoms with van der Waals surface area (Å²) in [7, 11) is -4.47. The van der Waals surface area contributed by atoms with E-state index in [0.717, 1.165) is 42.5 Å². The van der Waals surface area contributed by atoms with Crippen LogP contribution < -0.4 is 5.32 Å². The maximum atomic E-state index is 14.2. The third kappa shape index (κ3) is 5.47. The number of nitrogens with zero attached hydrogens (tertiary/aromatic N) is 1. The van der Waals surface area contributed by atoms with Gasteiger partial charge in [0.25, 0.3) is 0 Å². The second-order valence-corrected chi connectivity index (χ2v) is 8.41. The molecule has 3 aromatic carbocycles. The summed E-state index contributed by atoms with van der Waals surface area (Å²) < 4.78 is 80.5. The molecule has 0 aromatic heterocycles. The van der Waals surface area contributed by atoms with Gasteiger partial charge >= 0.3 is 0 Å². The fourth-order valence-corrected chi connectivity index (χ4v) is 4.20. The molecule has 3 aromatic rings. The number of anilines is 1. The standard InChI is InChI=1S/C21H16F4N2O3S/c22-15-7-5-14(6-8-15)12-27(31(29,30)20-4-2-1-3-18(20)24)13-21(28)26-16-9-10-17(23)19(25)11-16/h1-11H,12-13H2,(H,26,28). The highest BCUT2D eigenvalue weighted by Gasteiger charge is 2.29. The minimum Gasteiger partial charge on any atom is -0.325 e. The Labute approximate surface area is 176 Å². The molecule has 0 unspecified atom stereocenters. The van der Waals surface area contributed by atoms with Crippen molar-refractivity contribution in [3.8, 4) is 0 Å². The molecule has 162 valence electrons. The number of sulfonamides is 1. The summed E-state index contributed by atoms with van der Waals surface area (Å²) in [5.74, 6) is -4.72. The Kier molecular flexibility index (Phi) is 6.71. The molecular formula is C21H16F4N2O3S. The van der Waals surface area contributed by atoms with Gasteiger partial charge in [-0.05, 0) is 42.0 Å². The van der Waals surface area contributed by atoms with Crippen molar-refractivity contribution in [3.63, 3.8) is 0 Å². The van der Waals surface area contributed by atoms with Gasteiger partial charge in [0.15, 0.2) is 11.6 Å². The normalized spacial score (nSPS) is 11.5. The quantitative estimate of drug-likeness (QED) is 0.550. The lowest BCUT2D eigenvalue weighted by Crippen LogP contribution is -2.38. The Bertz CT molecular complexity index is 1200. The highest BCUT2D eigenvalue weighted by Crippen LogP contribution is 2.22. The molecular weight excluding hydrogens is 436 g/mol. The summed E-state index contributed by atoms with van der Waals surface area (Å²) in [5.41, 5.74) is 0.260. The topological polar surface area (TPSA) is 66.5 Å². The first-order valence-electron chi connectivity index (χ1n) is 8.91. The van der Waals surface area contributed by atoms with Crippen molar-refractivity contribution >= 4 is 21.6 Å². The van der Waals surface area contributed by atoms with Crippen molar-refractivity contribution in [2.45, 2.75) is 11.4 Å². The van der Waals surface area contributed by atoms with Crippen LogP contribution in [-0.4, -0.2) is 25.2 Å². The van der Waals surface area contributed by atoms with Crippen molar-refractivity contribution in [2.75, 3.05) is 11.9 Å². The average Bonchev–Trinajstić information content (AvgIpc) is 2.72. The van der Waals surface area contributed by atoms with Crippen LogP contribution >= 0.6 is 0 Å². The van der Waals surface area contributed by atoms with Crippen LogP contribution in [0.4, 0.5) is 23.2 Å². The Morgan fingerprint density at radius 3 is 2.16 bits per heavy atom. The zero-order valence-corrected chi connectivity index (χ0v) is 16.7. The maximum Gasteiger partial charge on any atom is 0.246 e. The van der Waals surface area contributed by atoms with E-state index < -0.39 is 50.6 Å². The SMILES string of the molecule is O=C(CN(Cc1ccc(F)cc1)S(=O)(=O)c1ccccc1F)Nc1ccc(F)c(F)c1. The molecule has 5 nitrogen and oxygen atoms in total. The first-order valence-corrected chi connectivity index (χ1v) is 10.3. The fraction of sp³-hybridized carbons (Fsp3) is 0.0952. The summed E-state index contributed by atoms with van der Waals surface area (Å²) >= 11 is 0. The van der Waals surface area contributed by atoms with Gasteiger partial charge < -0.3 is 5.32 Å². The second-order valence-electron chi connectivity index (χ2n) is 6.51. The monoisotopic (exact) mass is 452 g/mol. The van der Waals surface area contributed by atoms with E-state index in [1.165, 1.54) is 24.3 Å². The summed E-state index contributed by atoms with van der Waals surface area (Å²) in [6, 6.07) is 12.2. The van der Waals surface area contributed by atoms with E-state index in [9.17, 15) is 30.8 Å². The highest BCUT2D eigenvalue weighted by molar-refractivity contribution is 7.89. The van der Waals surface area contributed by atoms with E-state index in [-0.39, 0.29) is 12.2 Å². The van der Waals surface area contributed by atoms with Gasteiger partial charge in [-0.15, -0.1) is 0 Å². The molecule has 0 heterocycles. The number of carbonyl (C=O) groups is 1. The molecule has 0 aliphatic carbocycles. The predicted octanol–water partition coefficient (Wildman–Crippen LogP) is 4.07. The predicted molar refractivity (Wildman–Crippen MR) is 105 cm³/mol. The fourth-order valence-electron chi connectivity index (χ4n) is 2.75. The Morgan fingerprint density at radius 1 is 0.839 bits per heavy atom. The van der Waals surface area contributed by atoms with Gasteiger partial charge in [0, 0.05) is 18.3 Å². The maximum absolute atomic E-state index is 14.2. The zero-order valence-electron chi connectivity index (χ0n) is 15.9. The number of hydrogen-bond donors (Lipinski definition) is 1. The molecule has 0 saturated carbocycles. The van der Waals surface area contributed by atoms with Crippen LogP contribution in [0.1, 0.15) is 5.56 Å². The van der Waals surface area contributed by atoms with Crippen LogP contribution in [0, 0.1) is 23.3 Å². The second kappa shape index (κ2) is 9.27. The zero-order chi connectivity index (χ0) is 22.6. The minimum atomic E-state index is -4.47. The van der Waals surface area contributed by atoms with Gasteiger partial charge in [-0.3, -0.25) is 4.79 Å².